The SMILES string of the molecule is N#Cc1ccc(-c2ccc(-n3c4ccccc4c4ccc(-c5cc(-c6ccc7c(c6)oc6ccccc67)cc(N(c6ccccc6)c6ccc(-c7ccccc7)cc6)c5)cc43)cc2)cc1. The summed E-state index contributed by atoms with van der Waals surface area (Å²) in [5, 5.41) is 14.0. The molecule has 12 rings (SSSR count). The molecule has 0 saturated carbocycles. The van der Waals surface area contributed by atoms with Crippen molar-refractivity contribution in [1.29, 1.82) is 5.26 Å². The molecule has 12 aromatic rings. The van der Waals surface area contributed by atoms with Gasteiger partial charge in [0, 0.05) is 44.3 Å². The van der Waals surface area contributed by atoms with E-state index in [0.717, 1.165) is 89.1 Å². The first-order chi connectivity index (χ1) is 32.1. The Hall–Kier alpha value is -8.91. The number of aromatic nitrogens is 1. The molecule has 0 amide bonds. The zero-order valence-electron chi connectivity index (χ0n) is 35.3. The van der Waals surface area contributed by atoms with Gasteiger partial charge in [-0.2, -0.15) is 5.26 Å². The van der Waals surface area contributed by atoms with Crippen molar-refractivity contribution in [2.75, 3.05) is 4.90 Å². The molecule has 10 aromatic carbocycles. The van der Waals surface area contributed by atoms with Crippen LogP contribution in [0.25, 0.3) is 93.9 Å². The standard InChI is InChI=1S/C61H39N3O/c62-40-41-19-21-43(22-20-41)45-25-31-52(32-26-45)64-58-17-9-7-15-54(58)55-33-27-46(38-59(55)64)48-35-49(47-28-34-57-56-16-8-10-18-60(56)65-61(57)39-47)37-53(36-48)63(50-13-5-2-6-14-50)51-29-23-44(24-30-51)42-11-3-1-4-12-42/h1-39H. The molecule has 65 heavy (non-hydrogen) atoms. The van der Waals surface area contributed by atoms with Gasteiger partial charge in [-0.1, -0.05) is 140 Å². The van der Waals surface area contributed by atoms with Crippen LogP contribution in [-0.2, 0) is 0 Å². The van der Waals surface area contributed by atoms with Crippen molar-refractivity contribution >= 4 is 60.8 Å². The van der Waals surface area contributed by atoms with E-state index in [1.165, 1.54) is 21.9 Å². The number of rotatable bonds is 8. The van der Waals surface area contributed by atoms with Crippen molar-refractivity contribution in [1.82, 2.24) is 4.57 Å². The Morgan fingerprint density at radius 3 is 1.55 bits per heavy atom. The lowest BCUT2D eigenvalue weighted by Gasteiger charge is -2.27. The van der Waals surface area contributed by atoms with E-state index in [2.05, 4.69) is 216 Å². The maximum absolute atomic E-state index is 9.35. The van der Waals surface area contributed by atoms with Gasteiger partial charge in [0.25, 0.3) is 0 Å². The Kier molecular flexibility index (Phi) is 9.18. The fourth-order valence-electron chi connectivity index (χ4n) is 9.41. The molecule has 4 heteroatoms. The van der Waals surface area contributed by atoms with Crippen LogP contribution in [0, 0.1) is 11.3 Å². The van der Waals surface area contributed by atoms with E-state index in [-0.39, 0.29) is 0 Å². The molecule has 2 aromatic heterocycles. The molecule has 304 valence electrons. The highest BCUT2D eigenvalue weighted by molar-refractivity contribution is 6.10. The van der Waals surface area contributed by atoms with Crippen molar-refractivity contribution in [2.45, 2.75) is 0 Å². The highest BCUT2D eigenvalue weighted by atomic mass is 16.3. The first kappa shape index (κ1) is 37.8. The minimum Gasteiger partial charge on any atom is -0.456 e. The Balaban J connectivity index is 1.04. The summed E-state index contributed by atoms with van der Waals surface area (Å²) in [6.07, 6.45) is 0. The third kappa shape index (κ3) is 6.80. The van der Waals surface area contributed by atoms with Crippen molar-refractivity contribution in [3.63, 3.8) is 0 Å². The highest BCUT2D eigenvalue weighted by Gasteiger charge is 2.19. The predicted molar refractivity (Wildman–Crippen MR) is 269 cm³/mol. The lowest BCUT2D eigenvalue weighted by atomic mass is 9.96. The third-order valence-electron chi connectivity index (χ3n) is 12.6. The minimum atomic E-state index is 0.654. The zero-order valence-corrected chi connectivity index (χ0v) is 35.3. The van der Waals surface area contributed by atoms with Gasteiger partial charge in [0.2, 0.25) is 0 Å². The second-order valence-corrected chi connectivity index (χ2v) is 16.5. The number of hydrogen-bond acceptors (Lipinski definition) is 3. The maximum Gasteiger partial charge on any atom is 0.136 e. The van der Waals surface area contributed by atoms with Crippen LogP contribution in [0.1, 0.15) is 5.56 Å². The van der Waals surface area contributed by atoms with Crippen molar-refractivity contribution in [2.24, 2.45) is 0 Å². The van der Waals surface area contributed by atoms with E-state index in [1.807, 2.05) is 36.4 Å². The fraction of sp³-hybridized carbons (Fsp3) is 0. The largest absolute Gasteiger partial charge is 0.456 e. The predicted octanol–water partition coefficient (Wildman–Crippen LogP) is 16.7. The average molecular weight is 830 g/mol. The minimum absolute atomic E-state index is 0.654. The van der Waals surface area contributed by atoms with E-state index in [0.29, 0.717) is 5.56 Å². The average Bonchev–Trinajstić information content (AvgIpc) is 3.92. The Bertz CT molecular complexity index is 3750. The Morgan fingerprint density at radius 2 is 0.846 bits per heavy atom. The van der Waals surface area contributed by atoms with Gasteiger partial charge >= 0.3 is 0 Å². The van der Waals surface area contributed by atoms with E-state index >= 15 is 0 Å². The van der Waals surface area contributed by atoms with Gasteiger partial charge in [0.1, 0.15) is 11.2 Å². The normalized spacial score (nSPS) is 11.4. The number of nitriles is 1. The van der Waals surface area contributed by atoms with Crippen LogP contribution in [0.2, 0.25) is 0 Å². The van der Waals surface area contributed by atoms with E-state index in [1.54, 1.807) is 0 Å². The lowest BCUT2D eigenvalue weighted by Crippen LogP contribution is -2.10. The third-order valence-corrected chi connectivity index (χ3v) is 12.6. The highest BCUT2D eigenvalue weighted by Crippen LogP contribution is 2.43. The molecule has 0 aliphatic rings. The van der Waals surface area contributed by atoms with Gasteiger partial charge in [-0.3, -0.25) is 0 Å². The van der Waals surface area contributed by atoms with Crippen molar-refractivity contribution in [3.05, 3.63) is 242 Å². The van der Waals surface area contributed by atoms with Crippen LogP contribution in [-0.4, -0.2) is 4.57 Å². The molecule has 0 radical (unpaired) electrons. The van der Waals surface area contributed by atoms with Gasteiger partial charge in [-0.15, -0.1) is 0 Å². The van der Waals surface area contributed by atoms with Crippen LogP contribution in [0.3, 0.4) is 0 Å². The van der Waals surface area contributed by atoms with Gasteiger partial charge in [-0.25, -0.2) is 0 Å². The molecule has 0 unspecified atom stereocenters. The zero-order chi connectivity index (χ0) is 43.3. The van der Waals surface area contributed by atoms with Gasteiger partial charge < -0.3 is 13.9 Å². The van der Waals surface area contributed by atoms with Gasteiger partial charge in [-0.05, 0) is 142 Å². The second kappa shape index (κ2) is 15.8. The van der Waals surface area contributed by atoms with E-state index in [9.17, 15) is 5.26 Å². The monoisotopic (exact) mass is 829 g/mol. The van der Waals surface area contributed by atoms with E-state index in [4.69, 9.17) is 4.42 Å². The molecule has 0 aliphatic heterocycles. The van der Waals surface area contributed by atoms with Crippen LogP contribution in [0.5, 0.6) is 0 Å². The summed E-state index contributed by atoms with van der Waals surface area (Å²) in [7, 11) is 0. The van der Waals surface area contributed by atoms with Crippen molar-refractivity contribution in [3.8, 4) is 56.3 Å². The smallest absolute Gasteiger partial charge is 0.136 e. The lowest BCUT2D eigenvalue weighted by molar-refractivity contribution is 0.669. The maximum atomic E-state index is 9.35. The summed E-state index contributed by atoms with van der Waals surface area (Å²) in [4.78, 5) is 2.35. The topological polar surface area (TPSA) is 45.1 Å². The summed E-state index contributed by atoms with van der Waals surface area (Å²) in [5.41, 5.74) is 17.8. The molecule has 0 spiro atoms. The number of furan rings is 1. The van der Waals surface area contributed by atoms with Gasteiger partial charge in [0.15, 0.2) is 0 Å². The molecule has 4 nitrogen and oxygen atoms in total. The van der Waals surface area contributed by atoms with Crippen LogP contribution < -0.4 is 4.90 Å². The summed E-state index contributed by atoms with van der Waals surface area (Å²) in [6.45, 7) is 0. The second-order valence-electron chi connectivity index (χ2n) is 16.5. The molecule has 0 aliphatic carbocycles. The number of para-hydroxylation sites is 3. The summed E-state index contributed by atoms with van der Waals surface area (Å²) in [5.74, 6) is 0. The number of nitrogens with zero attached hydrogens (tertiary/aromatic N) is 3. The number of anilines is 3. The molecule has 0 atom stereocenters. The molecule has 0 bridgehead atoms. The summed E-state index contributed by atoms with van der Waals surface area (Å²) in [6, 6.07) is 86.1. The van der Waals surface area contributed by atoms with Crippen LogP contribution in [0.4, 0.5) is 17.1 Å². The molecule has 0 saturated heterocycles. The number of benzene rings is 10. The molecule has 2 heterocycles. The first-order valence-electron chi connectivity index (χ1n) is 21.9. The van der Waals surface area contributed by atoms with Crippen LogP contribution >= 0.6 is 0 Å². The molecule has 0 N–H and O–H groups in total. The summed E-state index contributed by atoms with van der Waals surface area (Å²) >= 11 is 0. The molecule has 0 fully saturated rings. The van der Waals surface area contributed by atoms with Crippen molar-refractivity contribution < 1.29 is 4.42 Å². The van der Waals surface area contributed by atoms with E-state index < -0.39 is 0 Å². The Morgan fingerprint density at radius 1 is 0.338 bits per heavy atom. The quantitative estimate of drug-likeness (QED) is 0.153. The van der Waals surface area contributed by atoms with Gasteiger partial charge in [0.05, 0.1) is 22.7 Å². The number of fused-ring (bicyclic) bond motifs is 6. The first-order valence-corrected chi connectivity index (χ1v) is 21.9. The summed E-state index contributed by atoms with van der Waals surface area (Å²) < 4.78 is 8.82. The fourth-order valence-corrected chi connectivity index (χ4v) is 9.41. The Labute approximate surface area is 376 Å². The number of hydrogen-bond donors (Lipinski definition) is 0. The van der Waals surface area contributed by atoms with Crippen LogP contribution in [0.15, 0.2) is 241 Å². The molecular weight excluding hydrogens is 791 g/mol. The molecular formula is C61H39N3O.